The Bertz CT molecular complexity index is 366. The van der Waals surface area contributed by atoms with Crippen LogP contribution in [0.15, 0.2) is 0 Å². The van der Waals surface area contributed by atoms with Gasteiger partial charge in [-0.15, -0.1) is 0 Å². The quantitative estimate of drug-likeness (QED) is 0.445. The summed E-state index contributed by atoms with van der Waals surface area (Å²) in [4.78, 5) is 24.4. The van der Waals surface area contributed by atoms with E-state index >= 15 is 0 Å². The van der Waals surface area contributed by atoms with Gasteiger partial charge in [-0.3, -0.25) is 0 Å². The fraction of sp³-hybridized carbons (Fsp3) is 0.769. The molecule has 108 valence electrons. The number of amides is 1. The van der Waals surface area contributed by atoms with Crippen LogP contribution in [-0.4, -0.2) is 34.7 Å². The van der Waals surface area contributed by atoms with Gasteiger partial charge in [0.05, 0.1) is 6.10 Å². The van der Waals surface area contributed by atoms with Crippen molar-refractivity contribution >= 4 is 12.1 Å². The zero-order valence-electron chi connectivity index (χ0n) is 12.4. The van der Waals surface area contributed by atoms with E-state index in [0.717, 1.165) is 4.90 Å². The predicted molar refractivity (Wildman–Crippen MR) is 69.0 cm³/mol. The van der Waals surface area contributed by atoms with Crippen molar-refractivity contribution in [3.8, 4) is 6.19 Å². The van der Waals surface area contributed by atoms with Gasteiger partial charge in [0.15, 0.2) is 6.19 Å². The number of nitriles is 1. The number of ether oxygens (including phenoxy) is 2. The van der Waals surface area contributed by atoms with Crippen LogP contribution >= 0.6 is 0 Å². The highest BCUT2D eigenvalue weighted by atomic mass is 16.6. The summed E-state index contributed by atoms with van der Waals surface area (Å²) in [5.74, 6) is -0.607. The highest BCUT2D eigenvalue weighted by molar-refractivity contribution is 5.82. The summed E-state index contributed by atoms with van der Waals surface area (Å²) in [6.07, 6.45) is 0.814. The summed E-state index contributed by atoms with van der Waals surface area (Å²) in [6, 6.07) is -0.956. The lowest BCUT2D eigenvalue weighted by Crippen LogP contribution is -2.45. The number of hydrogen-bond donors (Lipinski definition) is 0. The van der Waals surface area contributed by atoms with Crippen LogP contribution in [0.3, 0.4) is 0 Å². The molecule has 1 atom stereocenters. The summed E-state index contributed by atoms with van der Waals surface area (Å²) < 4.78 is 10.1. The first kappa shape index (κ1) is 17.2. The number of carbonyl (C=O) groups excluding carboxylic acids is 2. The van der Waals surface area contributed by atoms with Gasteiger partial charge in [0, 0.05) is 0 Å². The fourth-order valence-electron chi connectivity index (χ4n) is 1.31. The Morgan fingerprint density at radius 1 is 1.32 bits per heavy atom. The number of nitrogens with zero attached hydrogens (tertiary/aromatic N) is 2. The molecule has 0 radical (unpaired) electrons. The molecule has 0 saturated carbocycles. The van der Waals surface area contributed by atoms with Crippen LogP contribution in [0.1, 0.15) is 48.0 Å². The Hall–Kier alpha value is -1.77. The van der Waals surface area contributed by atoms with Crippen LogP contribution in [0.5, 0.6) is 0 Å². The molecule has 6 heteroatoms. The highest BCUT2D eigenvalue weighted by Gasteiger charge is 2.33. The zero-order chi connectivity index (χ0) is 15.2. The third kappa shape index (κ3) is 6.09. The first-order chi connectivity index (χ1) is 8.62. The normalized spacial score (nSPS) is 12.5. The maximum Gasteiger partial charge on any atom is 0.424 e. The maximum atomic E-state index is 11.9. The second kappa shape index (κ2) is 6.98. The second-order valence-electron chi connectivity index (χ2n) is 5.36. The SMILES string of the molecule is CCC(C(=O)OC(C)C)N(C#N)C(=O)OC(C)(C)C. The van der Waals surface area contributed by atoms with E-state index in [2.05, 4.69) is 0 Å². The lowest BCUT2D eigenvalue weighted by molar-refractivity contribution is -0.152. The highest BCUT2D eigenvalue weighted by Crippen LogP contribution is 2.14. The zero-order valence-corrected chi connectivity index (χ0v) is 12.4. The number of hydrogen-bond acceptors (Lipinski definition) is 5. The fourth-order valence-corrected chi connectivity index (χ4v) is 1.31. The van der Waals surface area contributed by atoms with Crippen LogP contribution in [0, 0.1) is 11.5 Å². The lowest BCUT2D eigenvalue weighted by Gasteiger charge is -2.27. The van der Waals surface area contributed by atoms with Gasteiger partial charge >= 0.3 is 12.1 Å². The first-order valence-electron chi connectivity index (χ1n) is 6.24. The van der Waals surface area contributed by atoms with Crippen molar-refractivity contribution in [1.82, 2.24) is 4.90 Å². The molecule has 0 bridgehead atoms. The van der Waals surface area contributed by atoms with E-state index in [1.54, 1.807) is 47.7 Å². The van der Waals surface area contributed by atoms with E-state index in [0.29, 0.717) is 0 Å². The van der Waals surface area contributed by atoms with E-state index < -0.39 is 23.7 Å². The number of rotatable bonds is 4. The molecule has 0 aliphatic heterocycles. The maximum absolute atomic E-state index is 11.9. The minimum atomic E-state index is -0.956. The largest absolute Gasteiger partial charge is 0.461 e. The van der Waals surface area contributed by atoms with E-state index in [4.69, 9.17) is 14.7 Å². The molecule has 0 rings (SSSR count). The smallest absolute Gasteiger partial charge is 0.424 e. The Kier molecular flexibility index (Phi) is 6.33. The lowest BCUT2D eigenvalue weighted by atomic mass is 10.2. The van der Waals surface area contributed by atoms with Gasteiger partial charge in [0.2, 0.25) is 0 Å². The predicted octanol–water partition coefficient (Wildman–Crippen LogP) is 2.43. The summed E-state index contributed by atoms with van der Waals surface area (Å²) in [5.41, 5.74) is -0.730. The average Bonchev–Trinajstić information content (AvgIpc) is 2.21. The van der Waals surface area contributed by atoms with Crippen molar-refractivity contribution in [1.29, 1.82) is 5.26 Å². The molecule has 1 unspecified atom stereocenters. The molecule has 0 aromatic heterocycles. The van der Waals surface area contributed by atoms with Gasteiger partial charge in [-0.25, -0.2) is 9.59 Å². The van der Waals surface area contributed by atoms with Crippen molar-refractivity contribution in [3.63, 3.8) is 0 Å². The molecule has 0 saturated heterocycles. The Morgan fingerprint density at radius 3 is 2.16 bits per heavy atom. The van der Waals surface area contributed by atoms with Gasteiger partial charge in [-0.1, -0.05) is 6.92 Å². The standard InChI is InChI=1S/C13H22N2O4/c1-7-10(11(16)18-9(2)3)15(8-14)12(17)19-13(4,5)6/h9-10H,7H2,1-6H3. The van der Waals surface area contributed by atoms with E-state index in [9.17, 15) is 9.59 Å². The van der Waals surface area contributed by atoms with Crippen LogP contribution in [-0.2, 0) is 14.3 Å². The molecule has 0 heterocycles. The van der Waals surface area contributed by atoms with Crippen molar-refractivity contribution in [3.05, 3.63) is 0 Å². The molecule has 0 aliphatic carbocycles. The summed E-state index contributed by atoms with van der Waals surface area (Å²) in [5, 5.41) is 9.05. The topological polar surface area (TPSA) is 79.6 Å². The molecule has 6 nitrogen and oxygen atoms in total. The minimum Gasteiger partial charge on any atom is -0.461 e. The van der Waals surface area contributed by atoms with Crippen LogP contribution in [0.4, 0.5) is 4.79 Å². The molecular formula is C13H22N2O4. The Morgan fingerprint density at radius 2 is 1.84 bits per heavy atom. The monoisotopic (exact) mass is 270 g/mol. The second-order valence-corrected chi connectivity index (χ2v) is 5.36. The molecule has 0 aliphatic rings. The first-order valence-corrected chi connectivity index (χ1v) is 6.24. The minimum absolute atomic E-state index is 0.276. The van der Waals surface area contributed by atoms with Crippen LogP contribution in [0.2, 0.25) is 0 Å². The van der Waals surface area contributed by atoms with Crippen molar-refractivity contribution in [2.75, 3.05) is 0 Å². The van der Waals surface area contributed by atoms with Crippen molar-refractivity contribution in [2.24, 2.45) is 0 Å². The number of carbonyl (C=O) groups is 2. The summed E-state index contributed by atoms with van der Waals surface area (Å²) in [7, 11) is 0. The molecule has 0 spiro atoms. The van der Waals surface area contributed by atoms with Gasteiger partial charge in [-0.2, -0.15) is 10.2 Å². The average molecular weight is 270 g/mol. The molecule has 0 fully saturated rings. The molecule has 1 amide bonds. The third-order valence-electron chi connectivity index (χ3n) is 2.02. The molecule has 0 aromatic rings. The summed E-state index contributed by atoms with van der Waals surface area (Å²) >= 11 is 0. The van der Waals surface area contributed by atoms with Crippen molar-refractivity contribution < 1.29 is 19.1 Å². The van der Waals surface area contributed by atoms with Gasteiger partial charge < -0.3 is 9.47 Å². The van der Waals surface area contributed by atoms with Gasteiger partial charge in [0.1, 0.15) is 11.6 Å². The Balaban J connectivity index is 4.95. The van der Waals surface area contributed by atoms with Crippen LogP contribution in [0.25, 0.3) is 0 Å². The van der Waals surface area contributed by atoms with E-state index in [-0.39, 0.29) is 12.5 Å². The van der Waals surface area contributed by atoms with Crippen LogP contribution < -0.4 is 0 Å². The van der Waals surface area contributed by atoms with E-state index in [1.807, 2.05) is 0 Å². The molecule has 19 heavy (non-hydrogen) atoms. The number of esters is 1. The van der Waals surface area contributed by atoms with Gasteiger partial charge in [-0.05, 0) is 41.0 Å². The van der Waals surface area contributed by atoms with Gasteiger partial charge in [0.25, 0.3) is 0 Å². The van der Waals surface area contributed by atoms with Crippen molar-refractivity contribution in [2.45, 2.75) is 65.7 Å². The molecule has 0 N–H and O–H groups in total. The molecule has 0 aromatic carbocycles. The third-order valence-corrected chi connectivity index (χ3v) is 2.02. The molecular weight excluding hydrogens is 248 g/mol. The van der Waals surface area contributed by atoms with E-state index in [1.165, 1.54) is 0 Å². The summed E-state index contributed by atoms with van der Waals surface area (Å²) in [6.45, 7) is 10.2. The Labute approximate surface area is 114 Å².